The van der Waals surface area contributed by atoms with Crippen molar-refractivity contribution in [2.75, 3.05) is 13.7 Å². The van der Waals surface area contributed by atoms with Gasteiger partial charge in [-0.15, -0.1) is 0 Å². The minimum absolute atomic E-state index is 0.193. The van der Waals surface area contributed by atoms with Crippen LogP contribution >= 0.6 is 15.9 Å². The van der Waals surface area contributed by atoms with E-state index in [0.29, 0.717) is 15.6 Å². The maximum Gasteiger partial charge on any atom is 0.411 e. The molecule has 1 rings (SSSR count). The summed E-state index contributed by atoms with van der Waals surface area (Å²) in [6, 6.07) is 4.44. The predicted octanol–water partition coefficient (Wildman–Crippen LogP) is 3.31. The van der Waals surface area contributed by atoms with Gasteiger partial charge in [-0.25, -0.2) is 4.79 Å². The third-order valence-electron chi connectivity index (χ3n) is 2.00. The van der Waals surface area contributed by atoms with E-state index in [0.717, 1.165) is 0 Å². The summed E-state index contributed by atoms with van der Waals surface area (Å²) in [5.74, 6) is -0.515. The van der Waals surface area contributed by atoms with Gasteiger partial charge in [-0.3, -0.25) is 0 Å². The molecule has 0 amide bonds. The summed E-state index contributed by atoms with van der Waals surface area (Å²) in [6.07, 6.45) is -4.35. The average molecular weight is 327 g/mol. The lowest BCUT2D eigenvalue weighted by Crippen LogP contribution is -2.16. The summed E-state index contributed by atoms with van der Waals surface area (Å²) in [5, 5.41) is 0. The van der Waals surface area contributed by atoms with Crippen LogP contribution in [0.1, 0.15) is 15.9 Å². The fraction of sp³-hybridized carbons (Fsp3) is 0.364. The zero-order chi connectivity index (χ0) is 13.8. The summed E-state index contributed by atoms with van der Waals surface area (Å²) < 4.78 is 45.2. The first-order valence-corrected chi connectivity index (χ1v) is 5.64. The highest BCUT2D eigenvalue weighted by Gasteiger charge is 2.27. The highest BCUT2D eigenvalue weighted by molar-refractivity contribution is 9.10. The van der Waals surface area contributed by atoms with Crippen LogP contribution in [0.15, 0.2) is 22.7 Å². The van der Waals surface area contributed by atoms with Gasteiger partial charge in [0.1, 0.15) is 6.61 Å². The molecule has 1 aromatic carbocycles. The average Bonchev–Trinajstić information content (AvgIpc) is 2.28. The molecule has 0 saturated carbocycles. The molecule has 3 nitrogen and oxygen atoms in total. The van der Waals surface area contributed by atoms with E-state index in [1.807, 2.05) is 0 Å². The first-order chi connectivity index (χ1) is 8.33. The van der Waals surface area contributed by atoms with E-state index in [4.69, 9.17) is 0 Å². The summed E-state index contributed by atoms with van der Waals surface area (Å²) >= 11 is 3.16. The van der Waals surface area contributed by atoms with Crippen LogP contribution in [0.3, 0.4) is 0 Å². The number of ether oxygens (including phenoxy) is 2. The maximum absolute atomic E-state index is 11.9. The zero-order valence-electron chi connectivity index (χ0n) is 9.38. The van der Waals surface area contributed by atoms with E-state index in [2.05, 4.69) is 25.4 Å². The smallest absolute Gasteiger partial charge is 0.411 e. The number of halogens is 4. The first kappa shape index (κ1) is 15.0. The molecule has 1 aromatic rings. The van der Waals surface area contributed by atoms with Crippen molar-refractivity contribution in [3.8, 4) is 0 Å². The Morgan fingerprint density at radius 2 is 2.06 bits per heavy atom. The number of methoxy groups -OCH3 is 1. The largest absolute Gasteiger partial charge is 0.465 e. The Labute approximate surface area is 110 Å². The number of carbonyl (C=O) groups is 1. The Balaban J connectivity index is 2.66. The molecule has 0 radical (unpaired) electrons. The van der Waals surface area contributed by atoms with Gasteiger partial charge in [-0.05, 0) is 17.7 Å². The van der Waals surface area contributed by atoms with Crippen molar-refractivity contribution in [1.82, 2.24) is 0 Å². The second kappa shape index (κ2) is 6.19. The Bertz CT molecular complexity index is 432. The number of rotatable bonds is 4. The maximum atomic E-state index is 11.9. The Hall–Kier alpha value is -1.08. The zero-order valence-corrected chi connectivity index (χ0v) is 11.0. The van der Waals surface area contributed by atoms with Gasteiger partial charge in [0.05, 0.1) is 19.3 Å². The van der Waals surface area contributed by atoms with Crippen molar-refractivity contribution in [1.29, 1.82) is 0 Å². The van der Waals surface area contributed by atoms with E-state index in [-0.39, 0.29) is 6.61 Å². The molecule has 0 aromatic heterocycles. The molecule has 0 bridgehead atoms. The van der Waals surface area contributed by atoms with Crippen LogP contribution in [0.2, 0.25) is 0 Å². The molecule has 0 unspecified atom stereocenters. The minimum Gasteiger partial charge on any atom is -0.465 e. The fourth-order valence-corrected chi connectivity index (χ4v) is 1.68. The normalized spacial score (nSPS) is 11.4. The van der Waals surface area contributed by atoms with Gasteiger partial charge in [0.2, 0.25) is 0 Å². The predicted molar refractivity (Wildman–Crippen MR) is 61.2 cm³/mol. The SMILES string of the molecule is COC(=O)c1ccc(COCC(F)(F)F)c(Br)c1. The summed E-state index contributed by atoms with van der Waals surface area (Å²) in [6.45, 7) is -1.50. The summed E-state index contributed by atoms with van der Waals surface area (Å²) in [4.78, 5) is 11.2. The quantitative estimate of drug-likeness (QED) is 0.796. The van der Waals surface area contributed by atoms with Gasteiger partial charge in [0, 0.05) is 4.47 Å². The Morgan fingerprint density at radius 1 is 1.39 bits per heavy atom. The molecule has 0 saturated heterocycles. The van der Waals surface area contributed by atoms with Crippen LogP contribution in [0.4, 0.5) is 13.2 Å². The monoisotopic (exact) mass is 326 g/mol. The number of hydrogen-bond acceptors (Lipinski definition) is 3. The molecule has 0 fully saturated rings. The molecule has 0 aliphatic carbocycles. The van der Waals surface area contributed by atoms with Crippen LogP contribution in [-0.2, 0) is 16.1 Å². The van der Waals surface area contributed by atoms with E-state index < -0.39 is 18.8 Å². The van der Waals surface area contributed by atoms with Gasteiger partial charge in [0.25, 0.3) is 0 Å². The highest BCUT2D eigenvalue weighted by Crippen LogP contribution is 2.21. The highest BCUT2D eigenvalue weighted by atomic mass is 79.9. The number of benzene rings is 1. The Kier molecular flexibility index (Phi) is 5.15. The molecule has 0 spiro atoms. The van der Waals surface area contributed by atoms with Crippen molar-refractivity contribution < 1.29 is 27.4 Å². The molecular formula is C11H10BrF3O3. The third-order valence-corrected chi connectivity index (χ3v) is 2.74. The molecule has 0 atom stereocenters. The number of carbonyl (C=O) groups excluding carboxylic acids is 1. The van der Waals surface area contributed by atoms with Crippen molar-refractivity contribution >= 4 is 21.9 Å². The lowest BCUT2D eigenvalue weighted by atomic mass is 10.1. The Morgan fingerprint density at radius 3 is 2.56 bits per heavy atom. The van der Waals surface area contributed by atoms with Gasteiger partial charge in [0.15, 0.2) is 0 Å². The number of hydrogen-bond donors (Lipinski definition) is 0. The van der Waals surface area contributed by atoms with E-state index in [9.17, 15) is 18.0 Å². The van der Waals surface area contributed by atoms with Crippen LogP contribution in [0.25, 0.3) is 0 Å². The van der Waals surface area contributed by atoms with Crippen LogP contribution in [-0.4, -0.2) is 25.9 Å². The van der Waals surface area contributed by atoms with Crippen molar-refractivity contribution in [3.63, 3.8) is 0 Å². The van der Waals surface area contributed by atoms with Crippen molar-refractivity contribution in [3.05, 3.63) is 33.8 Å². The van der Waals surface area contributed by atoms with Gasteiger partial charge in [-0.1, -0.05) is 22.0 Å². The third kappa shape index (κ3) is 4.66. The van der Waals surface area contributed by atoms with Crippen LogP contribution < -0.4 is 0 Å². The second-order valence-electron chi connectivity index (χ2n) is 3.41. The molecule has 7 heteroatoms. The van der Waals surface area contributed by atoms with Crippen molar-refractivity contribution in [2.24, 2.45) is 0 Å². The molecule has 0 aliphatic heterocycles. The lowest BCUT2D eigenvalue weighted by Gasteiger charge is -2.09. The molecule has 0 heterocycles. The van der Waals surface area contributed by atoms with Gasteiger partial charge < -0.3 is 9.47 Å². The van der Waals surface area contributed by atoms with Crippen molar-refractivity contribution in [2.45, 2.75) is 12.8 Å². The second-order valence-corrected chi connectivity index (χ2v) is 4.26. The molecular weight excluding hydrogens is 317 g/mol. The summed E-state index contributed by atoms with van der Waals surface area (Å²) in [5.41, 5.74) is 0.829. The summed E-state index contributed by atoms with van der Waals surface area (Å²) in [7, 11) is 1.25. The number of esters is 1. The van der Waals surface area contributed by atoms with Gasteiger partial charge in [-0.2, -0.15) is 13.2 Å². The lowest BCUT2D eigenvalue weighted by molar-refractivity contribution is -0.176. The fourth-order valence-electron chi connectivity index (χ4n) is 1.19. The van der Waals surface area contributed by atoms with Crippen LogP contribution in [0.5, 0.6) is 0 Å². The number of alkyl halides is 3. The molecule has 18 heavy (non-hydrogen) atoms. The molecule has 100 valence electrons. The topological polar surface area (TPSA) is 35.5 Å². The van der Waals surface area contributed by atoms with E-state index >= 15 is 0 Å². The van der Waals surface area contributed by atoms with E-state index in [1.165, 1.54) is 25.3 Å². The van der Waals surface area contributed by atoms with Crippen LogP contribution in [0, 0.1) is 0 Å². The van der Waals surface area contributed by atoms with Gasteiger partial charge >= 0.3 is 12.1 Å². The minimum atomic E-state index is -4.35. The standard InChI is InChI=1S/C11H10BrF3O3/c1-17-10(16)7-2-3-8(9(12)4-7)5-18-6-11(13,14)15/h2-4H,5-6H2,1H3. The van der Waals surface area contributed by atoms with E-state index in [1.54, 1.807) is 0 Å². The molecule has 0 N–H and O–H groups in total. The molecule has 0 aliphatic rings. The first-order valence-electron chi connectivity index (χ1n) is 4.84.